The molecule has 0 radical (unpaired) electrons. The summed E-state index contributed by atoms with van der Waals surface area (Å²) in [6.45, 7) is -1.16. The molecule has 4 rings (SSSR count). The van der Waals surface area contributed by atoms with Crippen LogP contribution < -0.4 is 25.8 Å². The van der Waals surface area contributed by atoms with Crippen LogP contribution in [0.2, 0.25) is 0 Å². The number of methoxy groups -OCH3 is 1. The van der Waals surface area contributed by atoms with Crippen molar-refractivity contribution in [3.8, 4) is 11.5 Å². The molecule has 2 amide bonds. The van der Waals surface area contributed by atoms with Gasteiger partial charge in [0.25, 0.3) is 11.8 Å². The molecular weight excluding hydrogens is 537 g/mol. The number of hydrogen-bond acceptors (Lipinski definition) is 7. The van der Waals surface area contributed by atoms with E-state index >= 15 is 0 Å². The highest BCUT2D eigenvalue weighted by atomic mass is 19.4. The minimum Gasteiger partial charge on any atom is -0.493 e. The summed E-state index contributed by atoms with van der Waals surface area (Å²) in [5.74, 6) is -2.04. The third-order valence-corrected chi connectivity index (χ3v) is 5.37. The number of ether oxygens (including phenoxy) is 3. The zero-order valence-corrected chi connectivity index (χ0v) is 20.7. The van der Waals surface area contributed by atoms with E-state index in [-0.39, 0.29) is 22.7 Å². The SMILES string of the molecule is COc1cc(C(=O)OCC(=O)Nc2ccc3[nH]c(=O)[nH]c3c2)ccc1OCC(=O)Nc1cccc(C(F)(F)F)c1. The van der Waals surface area contributed by atoms with Crippen LogP contribution in [0, 0.1) is 0 Å². The fourth-order valence-electron chi connectivity index (χ4n) is 3.55. The van der Waals surface area contributed by atoms with Crippen molar-refractivity contribution in [1.82, 2.24) is 9.97 Å². The van der Waals surface area contributed by atoms with Gasteiger partial charge in [0.05, 0.1) is 29.3 Å². The van der Waals surface area contributed by atoms with Crippen LogP contribution in [-0.2, 0) is 20.5 Å². The first-order chi connectivity index (χ1) is 19.0. The van der Waals surface area contributed by atoms with Gasteiger partial charge in [0.2, 0.25) is 0 Å². The maximum atomic E-state index is 12.9. The zero-order chi connectivity index (χ0) is 28.9. The molecule has 0 spiro atoms. The lowest BCUT2D eigenvalue weighted by Gasteiger charge is -2.13. The minimum atomic E-state index is -4.56. The highest BCUT2D eigenvalue weighted by Crippen LogP contribution is 2.31. The number of H-pyrrole nitrogens is 2. The van der Waals surface area contributed by atoms with Crippen LogP contribution in [0.25, 0.3) is 11.0 Å². The largest absolute Gasteiger partial charge is 0.493 e. The number of nitrogens with one attached hydrogen (secondary N) is 4. The molecule has 0 bridgehead atoms. The Kier molecular flexibility index (Phi) is 8.07. The van der Waals surface area contributed by atoms with E-state index < -0.39 is 48.4 Å². The Morgan fingerprint density at radius 2 is 1.52 bits per heavy atom. The third-order valence-electron chi connectivity index (χ3n) is 5.37. The van der Waals surface area contributed by atoms with E-state index in [0.717, 1.165) is 18.2 Å². The zero-order valence-electron chi connectivity index (χ0n) is 20.7. The number of alkyl halides is 3. The Labute approximate surface area is 223 Å². The van der Waals surface area contributed by atoms with Gasteiger partial charge in [0.1, 0.15) is 0 Å². The molecule has 11 nitrogen and oxygen atoms in total. The molecule has 0 fully saturated rings. The lowest BCUT2D eigenvalue weighted by atomic mass is 10.2. The first-order valence-electron chi connectivity index (χ1n) is 11.5. The number of rotatable bonds is 9. The number of aromatic amines is 2. The van der Waals surface area contributed by atoms with E-state index in [2.05, 4.69) is 20.6 Å². The number of benzene rings is 3. The Hall–Kier alpha value is -5.27. The van der Waals surface area contributed by atoms with Crippen molar-refractivity contribution in [2.75, 3.05) is 31.0 Å². The molecule has 4 N–H and O–H groups in total. The van der Waals surface area contributed by atoms with E-state index in [9.17, 15) is 32.3 Å². The van der Waals surface area contributed by atoms with Gasteiger partial charge >= 0.3 is 17.8 Å². The van der Waals surface area contributed by atoms with Gasteiger partial charge in [-0.1, -0.05) is 6.07 Å². The van der Waals surface area contributed by atoms with Gasteiger partial charge in [0.15, 0.2) is 24.7 Å². The van der Waals surface area contributed by atoms with Crippen LogP contribution >= 0.6 is 0 Å². The van der Waals surface area contributed by atoms with Crippen molar-refractivity contribution in [1.29, 1.82) is 0 Å². The van der Waals surface area contributed by atoms with Gasteiger partial charge in [-0.25, -0.2) is 9.59 Å². The summed E-state index contributed by atoms with van der Waals surface area (Å²) in [5, 5.41) is 4.86. The molecule has 4 aromatic rings. The van der Waals surface area contributed by atoms with Gasteiger partial charge in [-0.2, -0.15) is 13.2 Å². The molecule has 0 aliphatic heterocycles. The lowest BCUT2D eigenvalue weighted by molar-refractivity contribution is -0.137. The fourth-order valence-corrected chi connectivity index (χ4v) is 3.55. The molecule has 0 saturated heterocycles. The van der Waals surface area contributed by atoms with E-state index in [1.54, 1.807) is 12.1 Å². The predicted octanol–water partition coefficient (Wildman–Crippen LogP) is 3.70. The van der Waals surface area contributed by atoms with Gasteiger partial charge in [-0.05, 0) is 54.6 Å². The molecule has 208 valence electrons. The average Bonchev–Trinajstić information content (AvgIpc) is 3.29. The quantitative estimate of drug-likeness (QED) is 0.229. The number of imidazole rings is 1. The molecule has 40 heavy (non-hydrogen) atoms. The van der Waals surface area contributed by atoms with Crippen molar-refractivity contribution in [2.45, 2.75) is 6.18 Å². The summed E-state index contributed by atoms with van der Waals surface area (Å²) in [5.41, 5.74) is 0.0917. The first-order valence-corrected chi connectivity index (χ1v) is 11.5. The summed E-state index contributed by atoms with van der Waals surface area (Å²) in [6.07, 6.45) is -4.56. The lowest BCUT2D eigenvalue weighted by Crippen LogP contribution is -2.21. The van der Waals surface area contributed by atoms with E-state index in [0.29, 0.717) is 16.7 Å². The molecular formula is C26H21F3N4O7. The monoisotopic (exact) mass is 558 g/mol. The summed E-state index contributed by atoms with van der Waals surface area (Å²) in [6, 6.07) is 12.8. The second-order valence-electron chi connectivity index (χ2n) is 8.24. The third kappa shape index (κ3) is 6.98. The first kappa shape index (κ1) is 27.8. The van der Waals surface area contributed by atoms with Crippen LogP contribution in [0.15, 0.2) is 65.5 Å². The topological polar surface area (TPSA) is 152 Å². The molecule has 1 heterocycles. The van der Waals surface area contributed by atoms with E-state index in [4.69, 9.17) is 14.2 Å². The van der Waals surface area contributed by atoms with Crippen molar-refractivity contribution in [2.24, 2.45) is 0 Å². The smallest absolute Gasteiger partial charge is 0.416 e. The molecule has 3 aromatic carbocycles. The highest BCUT2D eigenvalue weighted by Gasteiger charge is 2.30. The second-order valence-corrected chi connectivity index (χ2v) is 8.24. The normalized spacial score (nSPS) is 11.1. The predicted molar refractivity (Wildman–Crippen MR) is 136 cm³/mol. The Morgan fingerprint density at radius 3 is 2.25 bits per heavy atom. The van der Waals surface area contributed by atoms with Crippen LogP contribution in [0.1, 0.15) is 15.9 Å². The second kappa shape index (κ2) is 11.6. The number of fused-ring (bicyclic) bond motifs is 1. The Balaban J connectivity index is 1.30. The number of carbonyl (C=O) groups is 3. The number of esters is 1. The van der Waals surface area contributed by atoms with E-state index in [1.165, 1.54) is 37.4 Å². The van der Waals surface area contributed by atoms with Gasteiger partial charge in [-0.3, -0.25) is 9.59 Å². The maximum Gasteiger partial charge on any atom is 0.416 e. The van der Waals surface area contributed by atoms with Crippen molar-refractivity contribution in [3.63, 3.8) is 0 Å². The van der Waals surface area contributed by atoms with Crippen molar-refractivity contribution >= 4 is 40.2 Å². The van der Waals surface area contributed by atoms with Crippen LogP contribution in [0.4, 0.5) is 24.5 Å². The summed E-state index contributed by atoms with van der Waals surface area (Å²) in [7, 11) is 1.29. The van der Waals surface area contributed by atoms with Gasteiger partial charge in [-0.15, -0.1) is 0 Å². The number of halogens is 3. The molecule has 0 unspecified atom stereocenters. The fraction of sp³-hybridized carbons (Fsp3) is 0.154. The van der Waals surface area contributed by atoms with Crippen LogP contribution in [0.5, 0.6) is 11.5 Å². The molecule has 0 saturated carbocycles. The number of amides is 2. The molecule has 14 heteroatoms. The highest BCUT2D eigenvalue weighted by molar-refractivity contribution is 5.97. The van der Waals surface area contributed by atoms with Crippen LogP contribution in [-0.4, -0.2) is 48.1 Å². The average molecular weight is 558 g/mol. The number of hydrogen-bond donors (Lipinski definition) is 4. The number of carbonyl (C=O) groups excluding carboxylic acids is 3. The summed E-state index contributed by atoms with van der Waals surface area (Å²) >= 11 is 0. The van der Waals surface area contributed by atoms with Crippen molar-refractivity contribution < 1.29 is 41.8 Å². The van der Waals surface area contributed by atoms with Gasteiger partial charge in [0, 0.05) is 11.4 Å². The number of aromatic nitrogens is 2. The Bertz CT molecular complexity index is 1630. The molecule has 0 aliphatic rings. The molecule has 0 atom stereocenters. The molecule has 0 aliphatic carbocycles. The Morgan fingerprint density at radius 1 is 0.825 bits per heavy atom. The summed E-state index contributed by atoms with van der Waals surface area (Å²) < 4.78 is 54.2. The van der Waals surface area contributed by atoms with Crippen molar-refractivity contribution in [3.05, 3.63) is 82.3 Å². The maximum absolute atomic E-state index is 12.9. The standard InChI is InChI=1S/C26H21F3N4O7/c1-38-21-9-14(24(36)40-13-23(35)31-17-6-7-18-19(11-17)33-25(37)32-18)5-8-20(21)39-12-22(34)30-16-4-2-3-15(10-16)26(27,28)29/h2-11H,12-13H2,1H3,(H,30,34)(H,31,35)(H2,32,33,37). The minimum absolute atomic E-state index is 0.0248. The number of anilines is 2. The van der Waals surface area contributed by atoms with E-state index in [1.807, 2.05) is 0 Å². The van der Waals surface area contributed by atoms with Crippen LogP contribution in [0.3, 0.4) is 0 Å². The summed E-state index contributed by atoms with van der Waals surface area (Å²) in [4.78, 5) is 53.3. The van der Waals surface area contributed by atoms with Gasteiger partial charge < -0.3 is 34.8 Å². The molecule has 1 aromatic heterocycles.